The summed E-state index contributed by atoms with van der Waals surface area (Å²) in [4.78, 5) is 9.89. The molecule has 0 unspecified atom stereocenters. The molecule has 0 bridgehead atoms. The standard InChI is InChI=1S/C5H9N2O/c1-2-3-7-4-5(6)8/h2,6-7H,1,3-4H2. The molecule has 0 saturated carbocycles. The predicted molar refractivity (Wildman–Crippen MR) is 31.2 cm³/mol. The smallest absolute Gasteiger partial charge is 0.252 e. The highest BCUT2D eigenvalue weighted by atomic mass is 16.1. The van der Waals surface area contributed by atoms with Gasteiger partial charge in [-0.2, -0.15) is 0 Å². The van der Waals surface area contributed by atoms with Crippen molar-refractivity contribution in [1.82, 2.24) is 11.1 Å². The third-order valence-corrected chi connectivity index (χ3v) is 0.574. The van der Waals surface area contributed by atoms with Crippen molar-refractivity contribution >= 4 is 5.91 Å². The first-order valence-corrected chi connectivity index (χ1v) is 2.33. The van der Waals surface area contributed by atoms with E-state index < -0.39 is 5.91 Å². The molecule has 0 aromatic rings. The minimum absolute atomic E-state index is 0.117. The van der Waals surface area contributed by atoms with Crippen LogP contribution in [0.3, 0.4) is 0 Å². The molecule has 0 aliphatic carbocycles. The highest BCUT2D eigenvalue weighted by molar-refractivity contribution is 5.75. The summed E-state index contributed by atoms with van der Waals surface area (Å²) in [7, 11) is 0. The first-order chi connectivity index (χ1) is 3.77. The number of carbonyl (C=O) groups excluding carboxylic acids is 1. The molecule has 0 spiro atoms. The minimum atomic E-state index is -0.591. The minimum Gasteiger partial charge on any atom is -0.305 e. The van der Waals surface area contributed by atoms with Crippen molar-refractivity contribution < 1.29 is 4.79 Å². The molecule has 3 heteroatoms. The van der Waals surface area contributed by atoms with E-state index in [9.17, 15) is 4.79 Å². The van der Waals surface area contributed by atoms with Crippen molar-refractivity contribution in [2.75, 3.05) is 13.1 Å². The summed E-state index contributed by atoms with van der Waals surface area (Å²) < 4.78 is 0. The molecule has 1 radical (unpaired) electrons. The molecule has 8 heavy (non-hydrogen) atoms. The maximum absolute atomic E-state index is 9.89. The zero-order valence-electron chi connectivity index (χ0n) is 4.61. The van der Waals surface area contributed by atoms with Crippen LogP contribution in [-0.2, 0) is 4.79 Å². The van der Waals surface area contributed by atoms with Crippen LogP contribution in [0.15, 0.2) is 12.7 Å². The lowest BCUT2D eigenvalue weighted by molar-refractivity contribution is -0.117. The van der Waals surface area contributed by atoms with Gasteiger partial charge in [0.05, 0.1) is 6.54 Å². The van der Waals surface area contributed by atoms with Crippen LogP contribution in [-0.4, -0.2) is 19.0 Å². The van der Waals surface area contributed by atoms with Gasteiger partial charge in [0.2, 0.25) is 0 Å². The van der Waals surface area contributed by atoms with E-state index in [1.807, 2.05) is 0 Å². The zero-order valence-corrected chi connectivity index (χ0v) is 4.61. The summed E-state index contributed by atoms with van der Waals surface area (Å²) in [6, 6.07) is 0. The van der Waals surface area contributed by atoms with Gasteiger partial charge in [-0.15, -0.1) is 6.58 Å². The van der Waals surface area contributed by atoms with Crippen molar-refractivity contribution in [1.29, 1.82) is 0 Å². The van der Waals surface area contributed by atoms with Gasteiger partial charge in [0.15, 0.2) is 0 Å². The molecule has 0 saturated heterocycles. The molecule has 0 aliphatic rings. The Morgan fingerprint density at radius 1 is 1.88 bits per heavy atom. The summed E-state index contributed by atoms with van der Waals surface area (Å²) in [5.41, 5.74) is 6.42. The number of amides is 1. The van der Waals surface area contributed by atoms with Crippen LogP contribution in [0.1, 0.15) is 0 Å². The number of rotatable bonds is 4. The van der Waals surface area contributed by atoms with E-state index in [0.29, 0.717) is 6.54 Å². The fraction of sp³-hybridized carbons (Fsp3) is 0.400. The first-order valence-electron chi connectivity index (χ1n) is 2.33. The molecule has 3 nitrogen and oxygen atoms in total. The fourth-order valence-electron chi connectivity index (χ4n) is 0.288. The molecule has 0 rings (SSSR count). The van der Waals surface area contributed by atoms with Gasteiger partial charge >= 0.3 is 0 Å². The van der Waals surface area contributed by atoms with E-state index >= 15 is 0 Å². The molecule has 0 atom stereocenters. The third-order valence-electron chi connectivity index (χ3n) is 0.574. The van der Waals surface area contributed by atoms with Gasteiger partial charge in [0.25, 0.3) is 5.91 Å². The van der Waals surface area contributed by atoms with Crippen LogP contribution in [0.4, 0.5) is 0 Å². The molecule has 0 heterocycles. The summed E-state index contributed by atoms with van der Waals surface area (Å²) in [5, 5.41) is 2.68. The SMILES string of the molecule is C=CCNCC([NH])=O. The number of hydrogen-bond acceptors (Lipinski definition) is 2. The molecule has 0 fully saturated rings. The van der Waals surface area contributed by atoms with E-state index in [0.717, 1.165) is 0 Å². The van der Waals surface area contributed by atoms with E-state index in [2.05, 4.69) is 11.9 Å². The molecular weight excluding hydrogens is 104 g/mol. The van der Waals surface area contributed by atoms with Gasteiger partial charge in [-0.1, -0.05) is 6.08 Å². The van der Waals surface area contributed by atoms with Gasteiger partial charge in [0.1, 0.15) is 0 Å². The number of hydrogen-bond donors (Lipinski definition) is 1. The molecule has 2 N–H and O–H groups in total. The Labute approximate surface area is 48.6 Å². The van der Waals surface area contributed by atoms with Crippen LogP contribution in [0.25, 0.3) is 0 Å². The summed E-state index contributed by atoms with van der Waals surface area (Å²) >= 11 is 0. The van der Waals surface area contributed by atoms with Crippen LogP contribution >= 0.6 is 0 Å². The van der Waals surface area contributed by atoms with E-state index in [4.69, 9.17) is 5.73 Å². The topological polar surface area (TPSA) is 52.9 Å². The second kappa shape index (κ2) is 4.33. The van der Waals surface area contributed by atoms with Crippen LogP contribution in [0.2, 0.25) is 0 Å². The molecule has 45 valence electrons. The summed E-state index contributed by atoms with van der Waals surface area (Å²) in [5.74, 6) is -0.591. The van der Waals surface area contributed by atoms with Crippen molar-refractivity contribution in [2.45, 2.75) is 0 Å². The Morgan fingerprint density at radius 3 is 2.88 bits per heavy atom. The van der Waals surface area contributed by atoms with Gasteiger partial charge in [-0.3, -0.25) is 10.5 Å². The number of carbonyl (C=O) groups is 1. The normalized spacial score (nSPS) is 8.50. The van der Waals surface area contributed by atoms with E-state index in [1.54, 1.807) is 6.08 Å². The maximum Gasteiger partial charge on any atom is 0.252 e. The molecular formula is C5H9N2O. The Morgan fingerprint density at radius 2 is 2.50 bits per heavy atom. The van der Waals surface area contributed by atoms with Crippen LogP contribution < -0.4 is 11.1 Å². The zero-order chi connectivity index (χ0) is 6.41. The summed E-state index contributed by atoms with van der Waals surface area (Å²) in [6.45, 7) is 4.13. The quantitative estimate of drug-likeness (QED) is 0.397. The van der Waals surface area contributed by atoms with Crippen LogP contribution in [0.5, 0.6) is 0 Å². The largest absolute Gasteiger partial charge is 0.305 e. The maximum atomic E-state index is 9.89. The highest BCUT2D eigenvalue weighted by Gasteiger charge is 1.88. The molecule has 0 aromatic carbocycles. The Bertz CT molecular complexity index is 90.4. The Hall–Kier alpha value is -0.830. The Balaban J connectivity index is 2.93. The van der Waals surface area contributed by atoms with E-state index in [1.165, 1.54) is 0 Å². The monoisotopic (exact) mass is 113 g/mol. The van der Waals surface area contributed by atoms with Crippen LogP contribution in [0, 0.1) is 0 Å². The van der Waals surface area contributed by atoms with Crippen molar-refractivity contribution in [3.05, 3.63) is 12.7 Å². The van der Waals surface area contributed by atoms with E-state index in [-0.39, 0.29) is 6.54 Å². The van der Waals surface area contributed by atoms with Gasteiger partial charge in [-0.05, 0) is 0 Å². The lowest BCUT2D eigenvalue weighted by Gasteiger charge is -1.91. The predicted octanol–water partition coefficient (Wildman–Crippen LogP) is -0.429. The van der Waals surface area contributed by atoms with Gasteiger partial charge in [0, 0.05) is 6.54 Å². The lowest BCUT2D eigenvalue weighted by Crippen LogP contribution is -2.23. The van der Waals surface area contributed by atoms with Gasteiger partial charge in [-0.25, -0.2) is 0 Å². The second-order valence-electron chi connectivity index (χ2n) is 1.34. The molecule has 1 amide bonds. The van der Waals surface area contributed by atoms with Gasteiger partial charge < -0.3 is 5.32 Å². The lowest BCUT2D eigenvalue weighted by atomic mass is 10.5. The molecule has 0 aromatic heterocycles. The average Bonchev–Trinajstić information content (AvgIpc) is 1.66. The second-order valence-corrected chi connectivity index (χ2v) is 1.34. The summed E-state index contributed by atoms with van der Waals surface area (Å²) in [6.07, 6.45) is 1.64. The van der Waals surface area contributed by atoms with Crippen molar-refractivity contribution in [3.63, 3.8) is 0 Å². The average molecular weight is 113 g/mol. The fourth-order valence-corrected chi connectivity index (χ4v) is 0.288. The van der Waals surface area contributed by atoms with Crippen molar-refractivity contribution in [3.8, 4) is 0 Å². The number of nitrogens with one attached hydrogen (secondary N) is 2. The Kier molecular flexibility index (Phi) is 3.88. The first kappa shape index (κ1) is 7.17. The molecule has 0 aliphatic heterocycles. The third kappa shape index (κ3) is 5.17. The highest BCUT2D eigenvalue weighted by Crippen LogP contribution is 1.59. The van der Waals surface area contributed by atoms with Crippen molar-refractivity contribution in [2.24, 2.45) is 0 Å².